The monoisotopic (exact) mass is 285 g/mol. The van der Waals surface area contributed by atoms with Crippen LogP contribution < -0.4 is 11.1 Å². The fourth-order valence-corrected chi connectivity index (χ4v) is 1.99. The van der Waals surface area contributed by atoms with Crippen LogP contribution in [0, 0.1) is 6.92 Å². The van der Waals surface area contributed by atoms with Crippen molar-refractivity contribution in [3.8, 4) is 0 Å². The van der Waals surface area contributed by atoms with Crippen molar-refractivity contribution < 1.29 is 4.79 Å². The molecule has 1 heterocycles. The minimum absolute atomic E-state index is 0.259. The van der Waals surface area contributed by atoms with Crippen molar-refractivity contribution in [2.45, 2.75) is 32.7 Å². The van der Waals surface area contributed by atoms with Gasteiger partial charge in [-0.1, -0.05) is 0 Å². The average Bonchev–Trinajstić information content (AvgIpc) is 2.07. The molecule has 1 aromatic heterocycles. The molecule has 88 valence electrons. The Hall–Kier alpha value is -1.10. The number of rotatable bonds is 4. The fourth-order valence-electron chi connectivity index (χ4n) is 1.43. The van der Waals surface area contributed by atoms with Gasteiger partial charge in [0.25, 0.3) is 0 Å². The van der Waals surface area contributed by atoms with Gasteiger partial charge in [-0.15, -0.1) is 0 Å². The Morgan fingerprint density at radius 3 is 2.75 bits per heavy atom. The molecule has 0 spiro atoms. The van der Waals surface area contributed by atoms with Crippen molar-refractivity contribution in [2.24, 2.45) is 5.73 Å². The molecule has 0 saturated carbocycles. The first kappa shape index (κ1) is 13.0. The second kappa shape index (κ2) is 4.82. The van der Waals surface area contributed by atoms with E-state index >= 15 is 0 Å². The van der Waals surface area contributed by atoms with E-state index in [1.807, 2.05) is 26.8 Å². The first-order valence-corrected chi connectivity index (χ1v) is 5.78. The molecule has 0 aliphatic heterocycles. The first-order chi connectivity index (χ1) is 7.30. The molecule has 0 aromatic carbocycles. The molecule has 4 nitrogen and oxygen atoms in total. The van der Waals surface area contributed by atoms with E-state index in [4.69, 9.17) is 5.73 Å². The number of carbonyl (C=O) groups is 1. The predicted octanol–water partition coefficient (Wildman–Crippen LogP) is 2.22. The zero-order valence-corrected chi connectivity index (χ0v) is 11.3. The lowest BCUT2D eigenvalue weighted by molar-refractivity contribution is -0.118. The summed E-state index contributed by atoms with van der Waals surface area (Å²) in [4.78, 5) is 15.2. The van der Waals surface area contributed by atoms with E-state index in [0.717, 1.165) is 15.9 Å². The zero-order valence-electron chi connectivity index (χ0n) is 9.67. The van der Waals surface area contributed by atoms with E-state index in [2.05, 4.69) is 26.2 Å². The number of nitrogens with one attached hydrogen (secondary N) is 1. The van der Waals surface area contributed by atoms with Crippen LogP contribution in [0.15, 0.2) is 16.7 Å². The van der Waals surface area contributed by atoms with Crippen molar-refractivity contribution >= 4 is 27.7 Å². The van der Waals surface area contributed by atoms with Gasteiger partial charge in [0.15, 0.2) is 0 Å². The van der Waals surface area contributed by atoms with Crippen LogP contribution in [-0.4, -0.2) is 16.4 Å². The zero-order chi connectivity index (χ0) is 12.3. The van der Waals surface area contributed by atoms with Crippen molar-refractivity contribution in [3.05, 3.63) is 22.3 Å². The van der Waals surface area contributed by atoms with Gasteiger partial charge in [-0.05, 0) is 48.3 Å². The van der Waals surface area contributed by atoms with Gasteiger partial charge < -0.3 is 11.1 Å². The number of aryl methyl sites for hydroxylation is 1. The molecular formula is C11H16BrN3O. The van der Waals surface area contributed by atoms with Crippen LogP contribution in [0.3, 0.4) is 0 Å². The van der Waals surface area contributed by atoms with Crippen LogP contribution in [0.4, 0.5) is 5.82 Å². The standard InChI is InChI=1S/C11H16BrN3O/c1-7-4-8(12)10(14-6-7)15-11(2,3)5-9(13)16/h4,6H,5H2,1-3H3,(H2,13,16)(H,14,15). The van der Waals surface area contributed by atoms with Crippen molar-refractivity contribution in [2.75, 3.05) is 5.32 Å². The van der Waals surface area contributed by atoms with E-state index in [1.165, 1.54) is 0 Å². The summed E-state index contributed by atoms with van der Waals surface area (Å²) in [6.45, 7) is 5.79. The van der Waals surface area contributed by atoms with Gasteiger partial charge in [-0.25, -0.2) is 4.98 Å². The minimum atomic E-state index is -0.406. The summed E-state index contributed by atoms with van der Waals surface area (Å²) in [6.07, 6.45) is 2.03. The molecule has 0 aliphatic carbocycles. The predicted molar refractivity (Wildman–Crippen MR) is 68.2 cm³/mol. The molecule has 0 unspecified atom stereocenters. The summed E-state index contributed by atoms with van der Waals surface area (Å²) < 4.78 is 0.880. The molecule has 0 atom stereocenters. The summed E-state index contributed by atoms with van der Waals surface area (Å²) in [7, 11) is 0. The van der Waals surface area contributed by atoms with E-state index < -0.39 is 5.54 Å². The molecule has 16 heavy (non-hydrogen) atoms. The molecule has 3 N–H and O–H groups in total. The Morgan fingerprint density at radius 1 is 1.62 bits per heavy atom. The lowest BCUT2D eigenvalue weighted by Gasteiger charge is -2.26. The number of primary amides is 1. The Bertz CT molecular complexity index is 404. The number of nitrogens with two attached hydrogens (primary N) is 1. The normalized spacial score (nSPS) is 11.2. The van der Waals surface area contributed by atoms with Gasteiger partial charge in [-0.2, -0.15) is 0 Å². The third-order valence-corrected chi connectivity index (χ3v) is 2.66. The van der Waals surface area contributed by atoms with Crippen LogP contribution in [0.1, 0.15) is 25.8 Å². The molecule has 1 aromatic rings. The number of anilines is 1. The summed E-state index contributed by atoms with van der Waals surface area (Å²) in [6, 6.07) is 1.97. The second-order valence-corrected chi connectivity index (χ2v) is 5.35. The lowest BCUT2D eigenvalue weighted by Crippen LogP contribution is -2.36. The maximum Gasteiger partial charge on any atom is 0.219 e. The topological polar surface area (TPSA) is 68.0 Å². The van der Waals surface area contributed by atoms with E-state index in [-0.39, 0.29) is 12.3 Å². The highest BCUT2D eigenvalue weighted by Crippen LogP contribution is 2.24. The molecule has 0 bridgehead atoms. The molecule has 1 rings (SSSR count). The maximum atomic E-state index is 10.9. The van der Waals surface area contributed by atoms with Gasteiger partial charge >= 0.3 is 0 Å². The second-order valence-electron chi connectivity index (χ2n) is 4.50. The third kappa shape index (κ3) is 3.81. The summed E-state index contributed by atoms with van der Waals surface area (Å²) in [5.74, 6) is 0.387. The fraction of sp³-hybridized carbons (Fsp3) is 0.455. The van der Waals surface area contributed by atoms with Gasteiger partial charge in [0.05, 0.1) is 4.47 Å². The molecule has 5 heteroatoms. The lowest BCUT2D eigenvalue weighted by atomic mass is 10.0. The number of nitrogens with zero attached hydrogens (tertiary/aromatic N) is 1. The van der Waals surface area contributed by atoms with Crippen LogP contribution >= 0.6 is 15.9 Å². The Kier molecular flexibility index (Phi) is 3.91. The number of amides is 1. The van der Waals surface area contributed by atoms with E-state index in [0.29, 0.717) is 0 Å². The number of aromatic nitrogens is 1. The Balaban J connectivity index is 2.83. The van der Waals surface area contributed by atoms with Crippen LogP contribution in [-0.2, 0) is 4.79 Å². The number of carbonyl (C=O) groups excluding carboxylic acids is 1. The number of halogens is 1. The van der Waals surface area contributed by atoms with Crippen LogP contribution in [0.5, 0.6) is 0 Å². The molecule has 0 aliphatic rings. The third-order valence-electron chi connectivity index (χ3n) is 2.05. The SMILES string of the molecule is Cc1cnc(NC(C)(C)CC(N)=O)c(Br)c1. The van der Waals surface area contributed by atoms with Gasteiger partial charge in [0.2, 0.25) is 5.91 Å². The highest BCUT2D eigenvalue weighted by atomic mass is 79.9. The van der Waals surface area contributed by atoms with Crippen molar-refractivity contribution in [1.82, 2.24) is 4.98 Å². The van der Waals surface area contributed by atoms with Crippen LogP contribution in [0.25, 0.3) is 0 Å². The van der Waals surface area contributed by atoms with Crippen molar-refractivity contribution in [3.63, 3.8) is 0 Å². The highest BCUT2D eigenvalue weighted by molar-refractivity contribution is 9.10. The molecule has 0 fully saturated rings. The molecule has 0 saturated heterocycles. The highest BCUT2D eigenvalue weighted by Gasteiger charge is 2.21. The largest absolute Gasteiger partial charge is 0.370 e. The molecule has 0 radical (unpaired) electrons. The Morgan fingerprint density at radius 2 is 2.25 bits per heavy atom. The van der Waals surface area contributed by atoms with Crippen LogP contribution in [0.2, 0.25) is 0 Å². The summed E-state index contributed by atoms with van der Waals surface area (Å²) in [5, 5.41) is 3.19. The van der Waals surface area contributed by atoms with Gasteiger partial charge in [0, 0.05) is 18.2 Å². The van der Waals surface area contributed by atoms with E-state index in [9.17, 15) is 4.79 Å². The van der Waals surface area contributed by atoms with Gasteiger partial charge in [0.1, 0.15) is 5.82 Å². The van der Waals surface area contributed by atoms with Crippen molar-refractivity contribution in [1.29, 1.82) is 0 Å². The minimum Gasteiger partial charge on any atom is -0.370 e. The molecular weight excluding hydrogens is 270 g/mol. The number of hydrogen-bond donors (Lipinski definition) is 2. The smallest absolute Gasteiger partial charge is 0.219 e. The Labute approximate surface area is 104 Å². The molecule has 1 amide bonds. The summed E-state index contributed by atoms with van der Waals surface area (Å²) in [5.41, 5.74) is 5.85. The summed E-state index contributed by atoms with van der Waals surface area (Å²) >= 11 is 3.42. The number of pyridine rings is 1. The van der Waals surface area contributed by atoms with Gasteiger partial charge in [-0.3, -0.25) is 4.79 Å². The first-order valence-electron chi connectivity index (χ1n) is 4.99. The number of hydrogen-bond acceptors (Lipinski definition) is 3. The quantitative estimate of drug-likeness (QED) is 0.891. The van der Waals surface area contributed by atoms with E-state index in [1.54, 1.807) is 6.20 Å². The maximum absolute atomic E-state index is 10.9. The average molecular weight is 286 g/mol.